The van der Waals surface area contributed by atoms with Crippen molar-refractivity contribution >= 4 is 42.0 Å². The van der Waals surface area contributed by atoms with E-state index in [0.717, 1.165) is 3.58 Å². The molecule has 0 aliphatic rings. The van der Waals surface area contributed by atoms with Gasteiger partial charge in [0.1, 0.15) is 0 Å². The van der Waals surface area contributed by atoms with Gasteiger partial charge in [-0.3, -0.25) is 0 Å². The Kier molecular flexibility index (Phi) is 11.8. The summed E-state index contributed by atoms with van der Waals surface area (Å²) in [5.41, 5.74) is 0.271. The van der Waals surface area contributed by atoms with Crippen molar-refractivity contribution < 1.29 is 4.92 Å². The maximum atomic E-state index is 11.0. The molecule has 1 aromatic carbocycles. The molecule has 5 heteroatoms. The van der Waals surface area contributed by atoms with Gasteiger partial charge in [-0.05, 0) is 0 Å². The second-order valence-corrected chi connectivity index (χ2v) is 10.4. The molecule has 0 spiro atoms. The first-order valence-electron chi connectivity index (χ1n) is 8.83. The average Bonchev–Trinajstić information content (AvgIpc) is 2.52. The standard InChI is InChI=1S/C12H25.C6H3ClNO2.Sn/c1-3-5-7-9-11-12-10-8-6-4-2;7-5-1-3-6(4-2-5)8(9)10;/h1,3-12H2,2H3;1-3H;/q;;+2. The predicted molar refractivity (Wildman–Crippen MR) is 100 cm³/mol. The van der Waals surface area contributed by atoms with E-state index in [0.29, 0.717) is 5.02 Å². The molecule has 0 atom stereocenters. The van der Waals surface area contributed by atoms with Crippen LogP contribution in [0.4, 0.5) is 5.69 Å². The molecule has 0 aliphatic carbocycles. The quantitative estimate of drug-likeness (QED) is 0.164. The van der Waals surface area contributed by atoms with Crippen LogP contribution in [0.1, 0.15) is 71.1 Å². The molecule has 0 aromatic heterocycles. The van der Waals surface area contributed by atoms with Crippen LogP contribution in [-0.2, 0) is 0 Å². The van der Waals surface area contributed by atoms with Crippen LogP contribution in [0.25, 0.3) is 0 Å². The molecule has 0 aliphatic heterocycles. The third-order valence-corrected chi connectivity index (χ3v) is 8.19. The van der Waals surface area contributed by atoms with Crippen molar-refractivity contribution in [3.8, 4) is 0 Å². The van der Waals surface area contributed by atoms with Gasteiger partial charge in [-0.2, -0.15) is 0 Å². The van der Waals surface area contributed by atoms with Crippen LogP contribution in [0.15, 0.2) is 18.2 Å². The van der Waals surface area contributed by atoms with Crippen LogP contribution in [0.3, 0.4) is 0 Å². The SMILES string of the molecule is CCCCCCCCCCC[CH2][Sn+2][c]1cc(Cl)ccc1[N+](=O)[O-]. The van der Waals surface area contributed by atoms with E-state index in [-0.39, 0.29) is 10.6 Å². The maximum absolute atomic E-state index is 11.0. The normalized spacial score (nSPS) is 10.5. The van der Waals surface area contributed by atoms with Crippen molar-refractivity contribution in [2.75, 3.05) is 0 Å². The van der Waals surface area contributed by atoms with E-state index < -0.39 is 21.1 Å². The van der Waals surface area contributed by atoms with E-state index in [1.165, 1.54) is 68.6 Å². The fourth-order valence-corrected chi connectivity index (χ4v) is 6.82. The van der Waals surface area contributed by atoms with Gasteiger partial charge in [0, 0.05) is 0 Å². The van der Waals surface area contributed by atoms with Crippen molar-refractivity contribution in [1.82, 2.24) is 0 Å². The van der Waals surface area contributed by atoms with Crippen LogP contribution >= 0.6 is 11.6 Å². The summed E-state index contributed by atoms with van der Waals surface area (Å²) in [6.45, 7) is 2.25. The second kappa shape index (κ2) is 13.1. The van der Waals surface area contributed by atoms with E-state index in [1.807, 2.05) is 6.07 Å². The number of benzene rings is 1. The summed E-state index contributed by atoms with van der Waals surface area (Å²) in [5, 5.41) is 11.6. The molecular formula is C18H28ClNO2Sn+2. The topological polar surface area (TPSA) is 43.1 Å². The fraction of sp³-hybridized carbons (Fsp3) is 0.667. The van der Waals surface area contributed by atoms with E-state index in [1.54, 1.807) is 12.1 Å². The molecule has 0 fully saturated rings. The molecule has 0 radical (unpaired) electrons. The molecule has 0 heterocycles. The van der Waals surface area contributed by atoms with E-state index in [2.05, 4.69) is 6.92 Å². The third-order valence-electron chi connectivity index (χ3n) is 4.00. The number of halogens is 1. The summed E-state index contributed by atoms with van der Waals surface area (Å²) in [6.07, 6.45) is 13.4. The zero-order valence-corrected chi connectivity index (χ0v) is 17.8. The minimum absolute atomic E-state index is 0.271. The fourth-order valence-electron chi connectivity index (χ4n) is 2.64. The molecule has 23 heavy (non-hydrogen) atoms. The van der Waals surface area contributed by atoms with Crippen LogP contribution in [-0.4, -0.2) is 26.1 Å². The van der Waals surface area contributed by atoms with Crippen molar-refractivity contribution in [3.63, 3.8) is 0 Å². The monoisotopic (exact) mass is 445 g/mol. The third kappa shape index (κ3) is 9.55. The molecule has 0 unspecified atom stereocenters. The summed E-state index contributed by atoms with van der Waals surface area (Å²) in [7, 11) is 0. The molecule has 126 valence electrons. The molecule has 0 bridgehead atoms. The zero-order valence-electron chi connectivity index (χ0n) is 14.2. The molecule has 0 saturated carbocycles. The van der Waals surface area contributed by atoms with E-state index >= 15 is 0 Å². The Morgan fingerprint density at radius 2 is 1.57 bits per heavy atom. The Morgan fingerprint density at radius 3 is 2.13 bits per heavy atom. The van der Waals surface area contributed by atoms with Crippen LogP contribution in [0.2, 0.25) is 9.46 Å². The van der Waals surface area contributed by atoms with Gasteiger partial charge in [-0.25, -0.2) is 0 Å². The molecule has 3 nitrogen and oxygen atoms in total. The van der Waals surface area contributed by atoms with Crippen molar-refractivity contribution in [1.29, 1.82) is 0 Å². The Labute approximate surface area is 155 Å². The van der Waals surface area contributed by atoms with Gasteiger partial charge in [0.25, 0.3) is 0 Å². The molecule has 0 amide bonds. The van der Waals surface area contributed by atoms with Crippen molar-refractivity contribution in [2.45, 2.75) is 75.6 Å². The number of hydrogen-bond acceptors (Lipinski definition) is 2. The van der Waals surface area contributed by atoms with E-state index in [9.17, 15) is 10.1 Å². The number of nitrogens with zero attached hydrogens (tertiary/aromatic N) is 1. The van der Waals surface area contributed by atoms with Crippen LogP contribution in [0, 0.1) is 10.1 Å². The Balaban J connectivity index is 2.09. The van der Waals surface area contributed by atoms with Gasteiger partial charge in [0.2, 0.25) is 0 Å². The molecule has 1 aromatic rings. The summed E-state index contributed by atoms with van der Waals surface area (Å²) in [5.74, 6) is 0. The number of nitro groups is 1. The van der Waals surface area contributed by atoms with E-state index in [4.69, 9.17) is 11.6 Å². The summed E-state index contributed by atoms with van der Waals surface area (Å²) >= 11 is 5.09. The van der Waals surface area contributed by atoms with Gasteiger partial charge < -0.3 is 0 Å². The Morgan fingerprint density at radius 1 is 1.00 bits per heavy atom. The molecule has 1 rings (SSSR count). The zero-order chi connectivity index (χ0) is 16.9. The minimum atomic E-state index is -0.882. The number of hydrogen-bond donors (Lipinski definition) is 0. The molecule has 0 saturated heterocycles. The summed E-state index contributed by atoms with van der Waals surface area (Å²) in [4.78, 5) is 10.8. The van der Waals surface area contributed by atoms with Crippen LogP contribution < -0.4 is 3.58 Å². The van der Waals surface area contributed by atoms with Crippen molar-refractivity contribution in [3.05, 3.63) is 33.3 Å². The predicted octanol–water partition coefficient (Wildman–Crippen LogP) is 5.92. The number of rotatable bonds is 13. The van der Waals surface area contributed by atoms with Gasteiger partial charge in [-0.1, -0.05) is 0 Å². The van der Waals surface area contributed by atoms with Gasteiger partial charge >= 0.3 is 156 Å². The molecular weight excluding hydrogens is 416 g/mol. The summed E-state index contributed by atoms with van der Waals surface area (Å²) in [6, 6.07) is 4.97. The Bertz CT molecular complexity index is 468. The first kappa shape index (κ1) is 20.8. The second-order valence-electron chi connectivity index (χ2n) is 6.03. The number of nitro benzene ring substituents is 1. The average molecular weight is 445 g/mol. The van der Waals surface area contributed by atoms with Gasteiger partial charge in [-0.15, -0.1) is 0 Å². The molecule has 0 N–H and O–H groups in total. The van der Waals surface area contributed by atoms with Gasteiger partial charge in [0.15, 0.2) is 0 Å². The van der Waals surface area contributed by atoms with Crippen molar-refractivity contribution in [2.24, 2.45) is 0 Å². The summed E-state index contributed by atoms with van der Waals surface area (Å²) < 4.78 is 2.10. The Hall–Kier alpha value is -0.291. The van der Waals surface area contributed by atoms with Crippen LogP contribution in [0.5, 0.6) is 0 Å². The number of unbranched alkanes of at least 4 members (excludes halogenated alkanes) is 9. The first-order valence-corrected chi connectivity index (χ1v) is 12.6. The van der Waals surface area contributed by atoms with Gasteiger partial charge in [0.05, 0.1) is 0 Å². The first-order chi connectivity index (χ1) is 11.1.